The lowest BCUT2D eigenvalue weighted by molar-refractivity contribution is -0.121. The van der Waals surface area contributed by atoms with Gasteiger partial charge in [0.25, 0.3) is 0 Å². The molecule has 4 N–H and O–H groups in total. The van der Waals surface area contributed by atoms with Crippen LogP contribution >= 0.6 is 12.4 Å². The first-order valence-electron chi connectivity index (χ1n) is 8.59. The topological polar surface area (TPSA) is 84.2 Å². The van der Waals surface area contributed by atoms with Gasteiger partial charge in [-0.25, -0.2) is 0 Å². The van der Waals surface area contributed by atoms with Crippen molar-refractivity contribution in [3.8, 4) is 0 Å². The fourth-order valence-corrected chi connectivity index (χ4v) is 4.18. The van der Waals surface area contributed by atoms with Gasteiger partial charge in [0.05, 0.1) is 5.92 Å². The van der Waals surface area contributed by atoms with E-state index >= 15 is 0 Å². The van der Waals surface area contributed by atoms with Gasteiger partial charge < -0.3 is 16.4 Å². The van der Waals surface area contributed by atoms with Crippen LogP contribution in [0, 0.1) is 23.7 Å². The predicted molar refractivity (Wildman–Crippen MR) is 96.0 cm³/mol. The number of carbonyl (C=O) groups is 2. The average Bonchev–Trinajstić information content (AvgIpc) is 3.21. The van der Waals surface area contributed by atoms with Gasteiger partial charge in [-0.05, 0) is 68.2 Å². The van der Waals surface area contributed by atoms with E-state index in [0.717, 1.165) is 37.1 Å². The van der Waals surface area contributed by atoms with Crippen molar-refractivity contribution in [1.29, 1.82) is 0 Å². The van der Waals surface area contributed by atoms with Crippen molar-refractivity contribution < 1.29 is 9.59 Å². The molecule has 3 aliphatic rings. The highest BCUT2D eigenvalue weighted by Gasteiger charge is 2.49. The lowest BCUT2D eigenvalue weighted by atomic mass is 9.84. The lowest BCUT2D eigenvalue weighted by Crippen LogP contribution is -2.42. The number of benzene rings is 1. The summed E-state index contributed by atoms with van der Waals surface area (Å²) in [6.07, 6.45) is 5.38. The van der Waals surface area contributed by atoms with E-state index < -0.39 is 0 Å². The molecule has 0 aromatic heterocycles. The molecule has 1 aromatic carbocycles. The van der Waals surface area contributed by atoms with Crippen molar-refractivity contribution in [2.24, 2.45) is 29.4 Å². The van der Waals surface area contributed by atoms with Crippen molar-refractivity contribution >= 4 is 35.6 Å². The van der Waals surface area contributed by atoms with E-state index in [1.54, 1.807) is 0 Å². The third-order valence-electron chi connectivity index (χ3n) is 5.65. The molecule has 1 aromatic rings. The minimum absolute atomic E-state index is 0. The summed E-state index contributed by atoms with van der Waals surface area (Å²) >= 11 is 0. The Hall–Kier alpha value is -1.59. The first-order valence-corrected chi connectivity index (χ1v) is 8.59. The second kappa shape index (κ2) is 6.73. The number of carbonyl (C=O) groups excluding carboxylic acids is 2. The van der Waals surface area contributed by atoms with Crippen LogP contribution in [0.4, 0.5) is 11.4 Å². The Morgan fingerprint density at radius 3 is 1.92 bits per heavy atom. The normalized spacial score (nSPS) is 30.5. The molecule has 5 nitrogen and oxygen atoms in total. The van der Waals surface area contributed by atoms with E-state index in [4.69, 9.17) is 5.73 Å². The first kappa shape index (κ1) is 17.2. The molecule has 24 heavy (non-hydrogen) atoms. The van der Waals surface area contributed by atoms with Crippen LogP contribution in [0.25, 0.3) is 0 Å². The molecular weight excluding hydrogens is 326 g/mol. The highest BCUT2D eigenvalue weighted by molar-refractivity contribution is 5.95. The first-order chi connectivity index (χ1) is 11.1. The quantitative estimate of drug-likeness (QED) is 0.781. The number of halogens is 1. The van der Waals surface area contributed by atoms with E-state index in [0.29, 0.717) is 11.8 Å². The number of anilines is 2. The molecule has 4 rings (SSSR count). The summed E-state index contributed by atoms with van der Waals surface area (Å²) in [6, 6.07) is 7.33. The van der Waals surface area contributed by atoms with Crippen LogP contribution in [0.15, 0.2) is 24.3 Å². The number of nitrogens with two attached hydrogens (primary N) is 1. The summed E-state index contributed by atoms with van der Waals surface area (Å²) in [5.41, 5.74) is 7.76. The average molecular weight is 350 g/mol. The molecule has 130 valence electrons. The standard InChI is InChI=1S/C18H23N3O2.ClH/c19-16-12-4-3-11(9-12)15(16)18(23)21-14-7-5-13(6-8-14)20-17(22)10-1-2-10;/h5-8,10-12,15-16H,1-4,9,19H2,(H,20,22)(H,21,23);1H. The maximum Gasteiger partial charge on any atom is 0.229 e. The van der Waals surface area contributed by atoms with Gasteiger partial charge in [-0.3, -0.25) is 9.59 Å². The zero-order valence-electron chi connectivity index (χ0n) is 13.5. The molecule has 0 heterocycles. The minimum atomic E-state index is -0.0528. The molecular formula is C18H24ClN3O2. The van der Waals surface area contributed by atoms with E-state index in [-0.39, 0.29) is 42.1 Å². The molecule has 0 aliphatic heterocycles. The molecule has 4 atom stereocenters. The van der Waals surface area contributed by atoms with Crippen molar-refractivity contribution in [3.63, 3.8) is 0 Å². The van der Waals surface area contributed by atoms with Crippen molar-refractivity contribution in [2.75, 3.05) is 10.6 Å². The lowest BCUT2D eigenvalue weighted by Gasteiger charge is -2.27. The second-order valence-electron chi connectivity index (χ2n) is 7.27. The molecule has 6 heteroatoms. The van der Waals surface area contributed by atoms with Crippen LogP contribution in [0.1, 0.15) is 32.1 Å². The van der Waals surface area contributed by atoms with E-state index in [9.17, 15) is 9.59 Å². The predicted octanol–water partition coefficient (Wildman–Crippen LogP) is 2.77. The van der Waals surface area contributed by atoms with Gasteiger partial charge >= 0.3 is 0 Å². The van der Waals surface area contributed by atoms with Crippen LogP contribution < -0.4 is 16.4 Å². The van der Waals surface area contributed by atoms with Gasteiger partial charge in [0.2, 0.25) is 11.8 Å². The van der Waals surface area contributed by atoms with Crippen molar-refractivity contribution in [2.45, 2.75) is 38.1 Å². The molecule has 3 aliphatic carbocycles. The maximum absolute atomic E-state index is 12.5. The van der Waals surface area contributed by atoms with Crippen LogP contribution in [-0.4, -0.2) is 17.9 Å². The Balaban J connectivity index is 0.00000169. The SMILES string of the molecule is Cl.NC1C2CCC(C2)C1C(=O)Nc1ccc(NC(=O)C2CC2)cc1. The maximum atomic E-state index is 12.5. The van der Waals surface area contributed by atoms with Crippen molar-refractivity contribution in [3.05, 3.63) is 24.3 Å². The Kier molecular flexibility index (Phi) is 4.83. The molecule has 0 radical (unpaired) electrons. The largest absolute Gasteiger partial charge is 0.327 e. The Labute approximate surface area is 148 Å². The summed E-state index contributed by atoms with van der Waals surface area (Å²) in [5.74, 6) is 1.24. The molecule has 4 unspecified atom stereocenters. The van der Waals surface area contributed by atoms with Gasteiger partial charge in [0, 0.05) is 23.3 Å². The fourth-order valence-electron chi connectivity index (χ4n) is 4.18. The summed E-state index contributed by atoms with van der Waals surface area (Å²) in [5, 5.41) is 5.88. The fraction of sp³-hybridized carbons (Fsp3) is 0.556. The van der Waals surface area contributed by atoms with Crippen LogP contribution in [0.2, 0.25) is 0 Å². The highest BCUT2D eigenvalue weighted by atomic mass is 35.5. The summed E-state index contributed by atoms with van der Waals surface area (Å²) in [7, 11) is 0. The molecule has 0 spiro atoms. The molecule has 3 fully saturated rings. The number of amides is 2. The van der Waals surface area contributed by atoms with Crippen molar-refractivity contribution in [1.82, 2.24) is 0 Å². The molecule has 2 amide bonds. The van der Waals surface area contributed by atoms with E-state index in [2.05, 4.69) is 10.6 Å². The van der Waals surface area contributed by atoms with Crippen LogP contribution in [0.5, 0.6) is 0 Å². The van der Waals surface area contributed by atoms with Gasteiger partial charge in [-0.15, -0.1) is 12.4 Å². The smallest absolute Gasteiger partial charge is 0.229 e. The minimum Gasteiger partial charge on any atom is -0.327 e. The number of hydrogen-bond donors (Lipinski definition) is 3. The van der Waals surface area contributed by atoms with Gasteiger partial charge in [0.15, 0.2) is 0 Å². The number of fused-ring (bicyclic) bond motifs is 2. The molecule has 3 saturated carbocycles. The Bertz CT molecular complexity index is 628. The molecule has 2 bridgehead atoms. The summed E-state index contributed by atoms with van der Waals surface area (Å²) in [6.45, 7) is 0. The highest BCUT2D eigenvalue weighted by Crippen LogP contribution is 2.47. The summed E-state index contributed by atoms with van der Waals surface area (Å²) < 4.78 is 0. The summed E-state index contributed by atoms with van der Waals surface area (Å²) in [4.78, 5) is 24.2. The number of hydrogen-bond acceptors (Lipinski definition) is 3. The molecule has 0 saturated heterocycles. The number of rotatable bonds is 4. The number of nitrogens with one attached hydrogen (secondary N) is 2. The Morgan fingerprint density at radius 2 is 1.42 bits per heavy atom. The third kappa shape index (κ3) is 3.28. The van der Waals surface area contributed by atoms with Gasteiger partial charge in [0.1, 0.15) is 0 Å². The van der Waals surface area contributed by atoms with Crippen LogP contribution in [-0.2, 0) is 9.59 Å². The monoisotopic (exact) mass is 349 g/mol. The zero-order chi connectivity index (χ0) is 16.0. The van der Waals surface area contributed by atoms with Gasteiger partial charge in [-0.2, -0.15) is 0 Å². The van der Waals surface area contributed by atoms with Gasteiger partial charge in [-0.1, -0.05) is 0 Å². The zero-order valence-corrected chi connectivity index (χ0v) is 14.4. The Morgan fingerprint density at radius 1 is 0.875 bits per heavy atom. The van der Waals surface area contributed by atoms with E-state index in [1.807, 2.05) is 24.3 Å². The van der Waals surface area contributed by atoms with Crippen LogP contribution in [0.3, 0.4) is 0 Å². The second-order valence-corrected chi connectivity index (χ2v) is 7.27. The third-order valence-corrected chi connectivity index (χ3v) is 5.65. The van der Waals surface area contributed by atoms with E-state index in [1.165, 1.54) is 6.42 Å².